The van der Waals surface area contributed by atoms with Gasteiger partial charge >= 0.3 is 0 Å². The van der Waals surface area contributed by atoms with E-state index in [2.05, 4.69) is 5.32 Å². The van der Waals surface area contributed by atoms with E-state index in [0.717, 1.165) is 31.5 Å². The van der Waals surface area contributed by atoms with Crippen LogP contribution in [0.5, 0.6) is 0 Å². The second-order valence-electron chi connectivity index (χ2n) is 4.94. The molecule has 1 heterocycles. The molecule has 0 radical (unpaired) electrons. The number of thioether (sulfide) groups is 1. The van der Waals surface area contributed by atoms with Gasteiger partial charge in [-0.15, -0.1) is 11.8 Å². The molecule has 1 fully saturated rings. The number of benzene rings is 1. The van der Waals surface area contributed by atoms with Gasteiger partial charge in [-0.3, -0.25) is 4.79 Å². The predicted molar refractivity (Wildman–Crippen MR) is 81.4 cm³/mol. The Morgan fingerprint density at radius 1 is 1.42 bits per heavy atom. The van der Waals surface area contributed by atoms with Crippen LogP contribution >= 0.6 is 11.8 Å². The number of likely N-dealkylation sites (tertiary alicyclic amines) is 1. The maximum Gasteiger partial charge on any atom is 0.240 e. The summed E-state index contributed by atoms with van der Waals surface area (Å²) in [5.41, 5.74) is 1.10. The third kappa shape index (κ3) is 3.51. The van der Waals surface area contributed by atoms with E-state index >= 15 is 0 Å². The van der Waals surface area contributed by atoms with Gasteiger partial charge in [0.15, 0.2) is 0 Å². The van der Waals surface area contributed by atoms with Gasteiger partial charge in [-0.2, -0.15) is 0 Å². The highest BCUT2D eigenvalue weighted by Crippen LogP contribution is 2.29. The Bertz CT molecular complexity index is 410. The zero-order valence-electron chi connectivity index (χ0n) is 11.6. The molecule has 1 aliphatic rings. The van der Waals surface area contributed by atoms with Crippen LogP contribution in [-0.4, -0.2) is 43.2 Å². The van der Waals surface area contributed by atoms with Crippen LogP contribution in [0.1, 0.15) is 23.7 Å². The first-order valence-electron chi connectivity index (χ1n) is 6.80. The zero-order valence-corrected chi connectivity index (χ0v) is 12.5. The Balaban J connectivity index is 2.08. The molecule has 1 amide bonds. The van der Waals surface area contributed by atoms with Crippen molar-refractivity contribution in [1.82, 2.24) is 10.2 Å². The summed E-state index contributed by atoms with van der Waals surface area (Å²) < 4.78 is 0. The number of likely N-dealkylation sites (N-methyl/N-ethyl adjacent to an activating group) is 1. The maximum absolute atomic E-state index is 12.7. The van der Waals surface area contributed by atoms with Gasteiger partial charge < -0.3 is 10.2 Å². The first kappa shape index (κ1) is 14.4. The third-order valence-electron chi connectivity index (χ3n) is 3.70. The zero-order chi connectivity index (χ0) is 13.7. The second-order valence-corrected chi connectivity index (χ2v) is 5.88. The molecule has 0 aliphatic carbocycles. The number of hydrogen-bond donors (Lipinski definition) is 1. The Morgan fingerprint density at radius 2 is 2.16 bits per heavy atom. The molecule has 1 aromatic rings. The SMILES string of the molecule is CNC1CCCN(C(=O)C(SC)c2ccccc2)C1. The standard InChI is InChI=1S/C15H22N2OS/c1-16-13-9-6-10-17(11-13)15(18)14(19-2)12-7-4-3-5-8-12/h3-5,7-8,13-14,16H,6,9-11H2,1-2H3. The van der Waals surface area contributed by atoms with Crippen molar-refractivity contribution < 1.29 is 4.79 Å². The molecule has 1 aliphatic heterocycles. The molecule has 0 aromatic heterocycles. The van der Waals surface area contributed by atoms with E-state index in [4.69, 9.17) is 0 Å². The minimum absolute atomic E-state index is 0.0724. The quantitative estimate of drug-likeness (QED) is 0.917. The smallest absolute Gasteiger partial charge is 0.240 e. The molecule has 19 heavy (non-hydrogen) atoms. The van der Waals surface area contributed by atoms with E-state index in [1.54, 1.807) is 11.8 Å². The first-order valence-corrected chi connectivity index (χ1v) is 8.09. The van der Waals surface area contributed by atoms with Crippen LogP contribution in [0.3, 0.4) is 0 Å². The van der Waals surface area contributed by atoms with Gasteiger partial charge in [0.25, 0.3) is 0 Å². The van der Waals surface area contributed by atoms with Crippen LogP contribution in [0.15, 0.2) is 30.3 Å². The van der Waals surface area contributed by atoms with Crippen LogP contribution < -0.4 is 5.32 Å². The average molecular weight is 278 g/mol. The van der Waals surface area contributed by atoms with Crippen LogP contribution in [0.4, 0.5) is 0 Å². The second kappa shape index (κ2) is 6.96. The van der Waals surface area contributed by atoms with E-state index < -0.39 is 0 Å². The summed E-state index contributed by atoms with van der Waals surface area (Å²) in [4.78, 5) is 14.7. The van der Waals surface area contributed by atoms with E-state index in [-0.39, 0.29) is 11.2 Å². The predicted octanol–water partition coefficient (Wildman–Crippen LogP) is 2.30. The van der Waals surface area contributed by atoms with Crippen molar-refractivity contribution >= 4 is 17.7 Å². The number of rotatable bonds is 4. The summed E-state index contributed by atoms with van der Waals surface area (Å²) in [7, 11) is 1.97. The molecule has 0 bridgehead atoms. The Morgan fingerprint density at radius 3 is 2.79 bits per heavy atom. The third-order valence-corrected chi connectivity index (χ3v) is 4.65. The van der Waals surface area contributed by atoms with Crippen molar-refractivity contribution in [1.29, 1.82) is 0 Å². The Labute approximate surface area is 119 Å². The van der Waals surface area contributed by atoms with Gasteiger partial charge in [0.2, 0.25) is 5.91 Å². The van der Waals surface area contributed by atoms with Gasteiger partial charge in [0.1, 0.15) is 5.25 Å². The average Bonchev–Trinajstić information content (AvgIpc) is 2.49. The topological polar surface area (TPSA) is 32.3 Å². The number of nitrogens with one attached hydrogen (secondary N) is 1. The highest BCUT2D eigenvalue weighted by molar-refractivity contribution is 7.99. The molecule has 2 atom stereocenters. The summed E-state index contributed by atoms with van der Waals surface area (Å²) >= 11 is 1.62. The minimum Gasteiger partial charge on any atom is -0.340 e. The van der Waals surface area contributed by atoms with Crippen LogP contribution in [0.2, 0.25) is 0 Å². The van der Waals surface area contributed by atoms with E-state index in [0.29, 0.717) is 6.04 Å². The number of carbonyl (C=O) groups is 1. The molecule has 2 rings (SSSR count). The van der Waals surface area contributed by atoms with Crippen LogP contribution in [-0.2, 0) is 4.79 Å². The van der Waals surface area contributed by atoms with Gasteiger partial charge in [-0.1, -0.05) is 30.3 Å². The fourth-order valence-corrected chi connectivity index (χ4v) is 3.37. The fraction of sp³-hybridized carbons (Fsp3) is 0.533. The van der Waals surface area contributed by atoms with Crippen LogP contribution in [0.25, 0.3) is 0 Å². The van der Waals surface area contributed by atoms with Crippen molar-refractivity contribution in [2.45, 2.75) is 24.1 Å². The number of piperidine rings is 1. The lowest BCUT2D eigenvalue weighted by atomic mass is 10.0. The molecule has 2 unspecified atom stereocenters. The summed E-state index contributed by atoms with van der Waals surface area (Å²) in [6.07, 6.45) is 4.26. The normalized spacial score (nSPS) is 21.2. The molecule has 1 aromatic carbocycles. The highest BCUT2D eigenvalue weighted by atomic mass is 32.2. The monoisotopic (exact) mass is 278 g/mol. The number of amides is 1. The molecule has 1 saturated heterocycles. The van der Waals surface area contributed by atoms with Crippen molar-refractivity contribution in [3.05, 3.63) is 35.9 Å². The summed E-state index contributed by atoms with van der Waals surface area (Å²) in [6, 6.07) is 10.5. The van der Waals surface area contributed by atoms with E-state index in [1.165, 1.54) is 0 Å². The fourth-order valence-electron chi connectivity index (χ4n) is 2.59. The lowest BCUT2D eigenvalue weighted by Gasteiger charge is -2.34. The highest BCUT2D eigenvalue weighted by Gasteiger charge is 2.28. The maximum atomic E-state index is 12.7. The molecule has 104 valence electrons. The number of hydrogen-bond acceptors (Lipinski definition) is 3. The van der Waals surface area contributed by atoms with Crippen molar-refractivity contribution in [2.24, 2.45) is 0 Å². The molecule has 0 saturated carbocycles. The van der Waals surface area contributed by atoms with Crippen molar-refractivity contribution in [3.8, 4) is 0 Å². The molecule has 3 nitrogen and oxygen atoms in total. The lowest BCUT2D eigenvalue weighted by molar-refractivity contribution is -0.132. The van der Waals surface area contributed by atoms with Gasteiger partial charge in [0, 0.05) is 19.1 Å². The number of nitrogens with zero attached hydrogens (tertiary/aromatic N) is 1. The van der Waals surface area contributed by atoms with Gasteiger partial charge in [-0.25, -0.2) is 0 Å². The molecular formula is C15H22N2OS. The first-order chi connectivity index (χ1) is 9.26. The van der Waals surface area contributed by atoms with Crippen molar-refractivity contribution in [3.63, 3.8) is 0 Å². The van der Waals surface area contributed by atoms with Crippen molar-refractivity contribution in [2.75, 3.05) is 26.4 Å². The van der Waals surface area contributed by atoms with E-state index in [1.807, 2.05) is 48.5 Å². The van der Waals surface area contributed by atoms with E-state index in [9.17, 15) is 4.79 Å². The largest absolute Gasteiger partial charge is 0.340 e. The molecule has 4 heteroatoms. The Kier molecular flexibility index (Phi) is 5.28. The summed E-state index contributed by atoms with van der Waals surface area (Å²) in [6.45, 7) is 1.72. The number of carbonyl (C=O) groups excluding carboxylic acids is 1. The summed E-state index contributed by atoms with van der Waals surface area (Å²) in [5, 5.41) is 3.21. The van der Waals surface area contributed by atoms with Gasteiger partial charge in [-0.05, 0) is 31.7 Å². The Hall–Kier alpha value is -1.00. The molecule has 0 spiro atoms. The van der Waals surface area contributed by atoms with Gasteiger partial charge in [0.05, 0.1) is 0 Å². The lowest BCUT2D eigenvalue weighted by Crippen LogP contribution is -2.48. The molecular weight excluding hydrogens is 256 g/mol. The van der Waals surface area contributed by atoms with Crippen LogP contribution in [0, 0.1) is 0 Å². The molecule has 1 N–H and O–H groups in total. The minimum atomic E-state index is -0.0724. The summed E-state index contributed by atoms with van der Waals surface area (Å²) in [5.74, 6) is 0.249.